The van der Waals surface area contributed by atoms with Crippen molar-refractivity contribution in [2.75, 3.05) is 13.2 Å². The summed E-state index contributed by atoms with van der Waals surface area (Å²) in [6.07, 6.45) is -2.58. The van der Waals surface area contributed by atoms with E-state index in [2.05, 4.69) is 11.3 Å². The van der Waals surface area contributed by atoms with Gasteiger partial charge in [0, 0.05) is 12.0 Å². The highest BCUT2D eigenvalue weighted by atomic mass is 32.2. The second kappa shape index (κ2) is 4.60. The highest BCUT2D eigenvalue weighted by Gasteiger charge is 3.01. The SMILES string of the molecule is C=C(C)C(=O)OCC(=O)OC1C2C34OC1(CO)CC3(O)C4OS2(=O)=O. The number of hydrogen-bond donors (Lipinski definition) is 2. The lowest BCUT2D eigenvalue weighted by Gasteiger charge is -2.36. The van der Waals surface area contributed by atoms with Crippen molar-refractivity contribution < 1.29 is 46.6 Å². The first-order valence-electron chi connectivity index (χ1n) is 7.52. The van der Waals surface area contributed by atoms with Crippen LogP contribution in [-0.4, -0.2) is 78.0 Å². The van der Waals surface area contributed by atoms with Gasteiger partial charge in [-0.15, -0.1) is 0 Å². The molecule has 0 amide bonds. The van der Waals surface area contributed by atoms with Gasteiger partial charge in [-0.3, -0.25) is 4.18 Å². The lowest BCUT2D eigenvalue weighted by molar-refractivity contribution is -0.173. The van der Waals surface area contributed by atoms with Crippen LogP contribution in [-0.2, 0) is 38.1 Å². The summed E-state index contributed by atoms with van der Waals surface area (Å²) in [5.74, 6) is -1.81. The van der Waals surface area contributed by atoms with Gasteiger partial charge >= 0.3 is 11.9 Å². The minimum absolute atomic E-state index is 0.0828. The zero-order valence-electron chi connectivity index (χ0n) is 13.1. The topological polar surface area (TPSA) is 146 Å². The Labute approximate surface area is 142 Å². The predicted molar refractivity (Wildman–Crippen MR) is 76.4 cm³/mol. The molecule has 3 heterocycles. The Morgan fingerprint density at radius 3 is 2.68 bits per heavy atom. The van der Waals surface area contributed by atoms with Gasteiger partial charge in [-0.2, -0.15) is 8.42 Å². The van der Waals surface area contributed by atoms with Crippen molar-refractivity contribution in [2.45, 2.75) is 47.6 Å². The van der Waals surface area contributed by atoms with E-state index in [-0.39, 0.29) is 12.0 Å². The predicted octanol–water partition coefficient (Wildman–Crippen LogP) is -2.24. The summed E-state index contributed by atoms with van der Waals surface area (Å²) < 4.78 is 44.8. The van der Waals surface area contributed by atoms with Gasteiger partial charge in [0.15, 0.2) is 23.6 Å². The Bertz CT molecular complexity index is 804. The van der Waals surface area contributed by atoms with Crippen LogP contribution in [0.15, 0.2) is 12.2 Å². The highest BCUT2D eigenvalue weighted by molar-refractivity contribution is 7.87. The smallest absolute Gasteiger partial charge is 0.344 e. The van der Waals surface area contributed by atoms with E-state index >= 15 is 0 Å². The van der Waals surface area contributed by atoms with Crippen molar-refractivity contribution in [3.63, 3.8) is 0 Å². The van der Waals surface area contributed by atoms with Gasteiger partial charge in [-0.1, -0.05) is 6.58 Å². The number of carbonyl (C=O) groups excluding carboxylic acids is 2. The summed E-state index contributed by atoms with van der Waals surface area (Å²) >= 11 is 0. The van der Waals surface area contributed by atoms with Gasteiger partial charge in [-0.25, -0.2) is 9.59 Å². The molecule has 0 radical (unpaired) electrons. The Hall–Kier alpha value is -1.53. The van der Waals surface area contributed by atoms with Gasteiger partial charge in [0.25, 0.3) is 10.1 Å². The molecule has 138 valence electrons. The molecule has 1 saturated carbocycles. The molecule has 1 spiro atoms. The first-order valence-corrected chi connectivity index (χ1v) is 8.99. The van der Waals surface area contributed by atoms with Crippen LogP contribution in [0.1, 0.15) is 13.3 Å². The van der Waals surface area contributed by atoms with Gasteiger partial charge in [0.2, 0.25) is 0 Å². The number of aliphatic hydroxyl groups excluding tert-OH is 1. The molecule has 0 aromatic heterocycles. The molecule has 2 bridgehead atoms. The monoisotopic (exact) mass is 376 g/mol. The zero-order valence-corrected chi connectivity index (χ0v) is 13.9. The maximum Gasteiger partial charge on any atom is 0.344 e. The summed E-state index contributed by atoms with van der Waals surface area (Å²) in [6, 6.07) is 0. The Balaban J connectivity index is 1.56. The van der Waals surface area contributed by atoms with Crippen LogP contribution in [0, 0.1) is 0 Å². The molecular formula is C14H16O10S. The van der Waals surface area contributed by atoms with Crippen LogP contribution in [0.5, 0.6) is 0 Å². The first-order chi connectivity index (χ1) is 11.5. The van der Waals surface area contributed by atoms with Crippen molar-refractivity contribution in [1.29, 1.82) is 0 Å². The summed E-state index contributed by atoms with van der Waals surface area (Å²) in [5, 5.41) is 18.8. The molecule has 0 aromatic rings. The molecular weight excluding hydrogens is 360 g/mol. The number of rotatable bonds is 5. The van der Waals surface area contributed by atoms with Gasteiger partial charge in [0.05, 0.1) is 6.61 Å². The fourth-order valence-electron chi connectivity index (χ4n) is 4.27. The Morgan fingerprint density at radius 1 is 1.40 bits per heavy atom. The van der Waals surface area contributed by atoms with E-state index in [1.165, 1.54) is 6.92 Å². The van der Waals surface area contributed by atoms with E-state index in [4.69, 9.17) is 13.7 Å². The summed E-state index contributed by atoms with van der Waals surface area (Å²) in [7, 11) is -4.16. The lowest BCUT2D eigenvalue weighted by atomic mass is 9.84. The average molecular weight is 376 g/mol. The maximum atomic E-state index is 12.2. The van der Waals surface area contributed by atoms with Gasteiger partial charge in [-0.05, 0) is 6.92 Å². The van der Waals surface area contributed by atoms with E-state index in [0.29, 0.717) is 0 Å². The van der Waals surface area contributed by atoms with Crippen molar-refractivity contribution >= 4 is 22.1 Å². The summed E-state index contributed by atoms with van der Waals surface area (Å²) in [6.45, 7) is 3.35. The molecule has 3 aliphatic heterocycles. The largest absolute Gasteiger partial charge is 0.455 e. The van der Waals surface area contributed by atoms with E-state index in [9.17, 15) is 28.2 Å². The molecule has 1 aliphatic carbocycles. The second-order valence-corrected chi connectivity index (χ2v) is 8.56. The quantitative estimate of drug-likeness (QED) is 0.307. The second-order valence-electron chi connectivity index (χ2n) is 6.88. The third kappa shape index (κ3) is 1.79. The molecule has 10 nitrogen and oxygen atoms in total. The van der Waals surface area contributed by atoms with Gasteiger partial charge in [0.1, 0.15) is 17.3 Å². The number of carbonyl (C=O) groups is 2. The van der Waals surface area contributed by atoms with Crippen LogP contribution in [0.3, 0.4) is 0 Å². The molecule has 4 rings (SSSR count). The molecule has 4 fully saturated rings. The lowest BCUT2D eigenvalue weighted by Crippen LogP contribution is -2.57. The fraction of sp³-hybridized carbons (Fsp3) is 0.714. The Kier molecular flexibility index (Phi) is 3.11. The summed E-state index contributed by atoms with van der Waals surface area (Å²) in [5.41, 5.74) is -4.52. The van der Waals surface area contributed by atoms with Crippen molar-refractivity contribution in [3.05, 3.63) is 12.2 Å². The third-order valence-electron chi connectivity index (χ3n) is 5.31. The van der Waals surface area contributed by atoms with Crippen LogP contribution >= 0.6 is 0 Å². The standard InChI is InChI=1S/C14H16O10S/c1-6(2)10(17)21-3-7(16)22-8-9-14-11(23-25(9,19)20)13(14,18)4-12(8,5-15)24-14/h8-9,11,15,18H,1,3-5H2,2H3. The number of aliphatic hydroxyl groups is 2. The number of ether oxygens (including phenoxy) is 3. The molecule has 25 heavy (non-hydrogen) atoms. The zero-order chi connectivity index (χ0) is 18.4. The molecule has 0 aromatic carbocycles. The van der Waals surface area contributed by atoms with Crippen molar-refractivity contribution in [3.8, 4) is 0 Å². The molecule has 4 aliphatic rings. The molecule has 11 heteroatoms. The highest BCUT2D eigenvalue weighted by Crippen LogP contribution is 2.77. The average Bonchev–Trinajstić information content (AvgIpc) is 2.85. The van der Waals surface area contributed by atoms with E-state index in [0.717, 1.165) is 0 Å². The fourth-order valence-corrected chi connectivity index (χ4v) is 6.38. The van der Waals surface area contributed by atoms with E-state index in [1.54, 1.807) is 0 Å². The number of esters is 2. The maximum absolute atomic E-state index is 12.2. The Morgan fingerprint density at radius 2 is 2.08 bits per heavy atom. The number of fused-ring (bicyclic) bond motifs is 2. The number of hydrogen-bond acceptors (Lipinski definition) is 10. The van der Waals surface area contributed by atoms with Crippen molar-refractivity contribution in [2.24, 2.45) is 0 Å². The first kappa shape index (κ1) is 16.9. The third-order valence-corrected chi connectivity index (χ3v) is 6.99. The van der Waals surface area contributed by atoms with E-state index in [1.807, 2.05) is 0 Å². The van der Waals surface area contributed by atoms with Crippen molar-refractivity contribution in [1.82, 2.24) is 0 Å². The van der Waals surface area contributed by atoms with Gasteiger partial charge < -0.3 is 24.4 Å². The van der Waals surface area contributed by atoms with Crippen LogP contribution in [0.4, 0.5) is 0 Å². The summed E-state index contributed by atoms with van der Waals surface area (Å²) in [4.78, 5) is 23.3. The molecule has 6 atom stereocenters. The molecule has 2 N–H and O–H groups in total. The minimum atomic E-state index is -4.16. The van der Waals surface area contributed by atoms with Crippen LogP contribution < -0.4 is 0 Å². The molecule has 3 saturated heterocycles. The van der Waals surface area contributed by atoms with E-state index < -0.39 is 69.5 Å². The minimum Gasteiger partial charge on any atom is -0.455 e. The van der Waals surface area contributed by atoms with Crippen LogP contribution in [0.2, 0.25) is 0 Å². The molecule has 6 unspecified atom stereocenters. The van der Waals surface area contributed by atoms with Crippen LogP contribution in [0.25, 0.3) is 0 Å². The normalized spacial score (nSPS) is 47.2.